The topological polar surface area (TPSA) is 37.4 Å². The third-order valence-corrected chi connectivity index (χ3v) is 6.35. The zero-order valence-corrected chi connectivity index (χ0v) is 18.1. The summed E-state index contributed by atoms with van der Waals surface area (Å²) in [7, 11) is 0. The van der Waals surface area contributed by atoms with E-state index in [1.54, 1.807) is 4.90 Å². The Labute approximate surface area is 177 Å². The highest BCUT2D eigenvalue weighted by molar-refractivity contribution is 6.31. The maximum Gasteiger partial charge on any atom is 0.232 e. The SMILES string of the molecule is Cc1ccccc1C1CC(=O)N(c2cc(Cl)ccc2C)C2=C1C(=O)CC(C)(C)C2. The van der Waals surface area contributed by atoms with Crippen molar-refractivity contribution in [3.05, 3.63) is 75.4 Å². The molecule has 0 N–H and O–H groups in total. The highest BCUT2D eigenvalue weighted by atomic mass is 35.5. The first kappa shape index (κ1) is 19.9. The molecule has 0 saturated heterocycles. The molecule has 2 aromatic rings. The second-order valence-electron chi connectivity index (χ2n) is 9.07. The summed E-state index contributed by atoms with van der Waals surface area (Å²) in [4.78, 5) is 28.6. The number of benzene rings is 2. The van der Waals surface area contributed by atoms with Crippen LogP contribution >= 0.6 is 11.6 Å². The van der Waals surface area contributed by atoms with Crippen molar-refractivity contribution in [3.8, 4) is 0 Å². The van der Waals surface area contributed by atoms with Gasteiger partial charge in [-0.2, -0.15) is 0 Å². The molecule has 1 heterocycles. The molecule has 1 atom stereocenters. The fourth-order valence-corrected chi connectivity index (χ4v) is 4.93. The molecule has 0 fully saturated rings. The molecule has 1 aliphatic heterocycles. The molecular formula is C25H26ClNO2. The fraction of sp³-hybridized carbons (Fsp3) is 0.360. The van der Waals surface area contributed by atoms with E-state index in [4.69, 9.17) is 11.6 Å². The Bertz CT molecular complexity index is 1050. The lowest BCUT2D eigenvalue weighted by Crippen LogP contribution is -2.44. The number of allylic oxidation sites excluding steroid dienone is 2. The van der Waals surface area contributed by atoms with E-state index >= 15 is 0 Å². The van der Waals surface area contributed by atoms with Gasteiger partial charge in [0.1, 0.15) is 0 Å². The van der Waals surface area contributed by atoms with Gasteiger partial charge < -0.3 is 0 Å². The number of aryl methyl sites for hydroxylation is 2. The Morgan fingerprint density at radius 2 is 1.72 bits per heavy atom. The van der Waals surface area contributed by atoms with Crippen molar-refractivity contribution in [3.63, 3.8) is 0 Å². The van der Waals surface area contributed by atoms with E-state index in [0.717, 1.165) is 33.6 Å². The largest absolute Gasteiger partial charge is 0.294 e. The average Bonchev–Trinajstić information content (AvgIpc) is 2.63. The number of carbonyl (C=O) groups excluding carboxylic acids is 2. The average molecular weight is 408 g/mol. The van der Waals surface area contributed by atoms with Crippen molar-refractivity contribution in [2.24, 2.45) is 5.41 Å². The number of nitrogens with zero attached hydrogens (tertiary/aromatic N) is 1. The number of amides is 1. The first-order chi connectivity index (χ1) is 13.7. The molecule has 0 radical (unpaired) electrons. The summed E-state index contributed by atoms with van der Waals surface area (Å²) in [6.07, 6.45) is 1.49. The van der Waals surface area contributed by atoms with Gasteiger partial charge in [-0.3, -0.25) is 14.5 Å². The highest BCUT2D eigenvalue weighted by Crippen LogP contribution is 2.49. The summed E-state index contributed by atoms with van der Waals surface area (Å²) in [5.74, 6) is -0.00686. The first-order valence-electron chi connectivity index (χ1n) is 10.1. The van der Waals surface area contributed by atoms with Crippen LogP contribution < -0.4 is 4.90 Å². The summed E-state index contributed by atoms with van der Waals surface area (Å²) in [6.45, 7) is 8.21. The predicted octanol–water partition coefficient (Wildman–Crippen LogP) is 6.12. The van der Waals surface area contributed by atoms with Gasteiger partial charge in [0.2, 0.25) is 5.91 Å². The van der Waals surface area contributed by atoms with Gasteiger partial charge in [-0.25, -0.2) is 0 Å². The highest BCUT2D eigenvalue weighted by Gasteiger charge is 2.44. The Morgan fingerprint density at radius 3 is 2.45 bits per heavy atom. The molecular weight excluding hydrogens is 382 g/mol. The summed E-state index contributed by atoms with van der Waals surface area (Å²) in [5.41, 5.74) is 5.41. The molecule has 4 rings (SSSR count). The van der Waals surface area contributed by atoms with Gasteiger partial charge in [0, 0.05) is 35.1 Å². The maximum absolute atomic E-state index is 13.5. The number of ketones is 1. The second kappa shape index (κ2) is 7.14. The smallest absolute Gasteiger partial charge is 0.232 e. The lowest BCUT2D eigenvalue weighted by Gasteiger charge is -2.43. The number of hydrogen-bond acceptors (Lipinski definition) is 2. The van der Waals surface area contributed by atoms with E-state index in [1.165, 1.54) is 0 Å². The zero-order chi connectivity index (χ0) is 20.9. The number of hydrogen-bond donors (Lipinski definition) is 0. The Morgan fingerprint density at radius 1 is 1.00 bits per heavy atom. The monoisotopic (exact) mass is 407 g/mol. The van der Waals surface area contributed by atoms with Crippen molar-refractivity contribution < 1.29 is 9.59 Å². The number of anilines is 1. The van der Waals surface area contributed by atoms with Crippen LogP contribution in [0.2, 0.25) is 5.02 Å². The summed E-state index contributed by atoms with van der Waals surface area (Å²) in [6, 6.07) is 13.7. The van der Waals surface area contributed by atoms with Crippen LogP contribution in [0, 0.1) is 19.3 Å². The normalized spacial score (nSPS) is 21.4. The molecule has 0 aromatic heterocycles. The molecule has 1 amide bonds. The van der Waals surface area contributed by atoms with Crippen molar-refractivity contribution in [1.29, 1.82) is 0 Å². The molecule has 3 nitrogen and oxygen atoms in total. The molecule has 1 aliphatic carbocycles. The molecule has 0 saturated carbocycles. The molecule has 1 unspecified atom stereocenters. The summed E-state index contributed by atoms with van der Waals surface area (Å²) < 4.78 is 0. The van der Waals surface area contributed by atoms with Gasteiger partial charge in [0.05, 0.1) is 5.69 Å². The third kappa shape index (κ3) is 3.53. The van der Waals surface area contributed by atoms with Crippen molar-refractivity contribution in [1.82, 2.24) is 0 Å². The van der Waals surface area contributed by atoms with E-state index in [2.05, 4.69) is 13.8 Å². The summed E-state index contributed by atoms with van der Waals surface area (Å²) in [5, 5.41) is 0.586. The van der Waals surface area contributed by atoms with Crippen molar-refractivity contribution >= 4 is 29.0 Å². The van der Waals surface area contributed by atoms with Gasteiger partial charge in [0.15, 0.2) is 5.78 Å². The van der Waals surface area contributed by atoms with Crippen LogP contribution in [-0.4, -0.2) is 11.7 Å². The van der Waals surface area contributed by atoms with E-state index in [1.807, 2.05) is 56.3 Å². The molecule has 2 aromatic carbocycles. The van der Waals surface area contributed by atoms with E-state index in [9.17, 15) is 9.59 Å². The van der Waals surface area contributed by atoms with Crippen LogP contribution in [0.15, 0.2) is 53.7 Å². The minimum absolute atomic E-state index is 0.0212. The van der Waals surface area contributed by atoms with Crippen molar-refractivity contribution in [2.45, 2.75) is 52.9 Å². The quantitative estimate of drug-likeness (QED) is 0.601. The molecule has 0 spiro atoms. The Balaban J connectivity index is 1.95. The predicted molar refractivity (Wildman–Crippen MR) is 117 cm³/mol. The van der Waals surface area contributed by atoms with Gasteiger partial charge in [-0.15, -0.1) is 0 Å². The van der Waals surface area contributed by atoms with Crippen LogP contribution in [-0.2, 0) is 9.59 Å². The molecule has 4 heteroatoms. The molecule has 29 heavy (non-hydrogen) atoms. The first-order valence-corrected chi connectivity index (χ1v) is 10.5. The Kier molecular flexibility index (Phi) is 4.90. The van der Waals surface area contributed by atoms with E-state index in [0.29, 0.717) is 24.3 Å². The molecule has 0 bridgehead atoms. The van der Waals surface area contributed by atoms with Crippen LogP contribution in [0.1, 0.15) is 55.7 Å². The number of Topliss-reactive ketones (excluding diaryl/α,β-unsaturated/α-hetero) is 1. The number of rotatable bonds is 2. The van der Waals surface area contributed by atoms with Crippen molar-refractivity contribution in [2.75, 3.05) is 4.90 Å². The number of halogens is 1. The second-order valence-corrected chi connectivity index (χ2v) is 9.51. The standard InChI is InChI=1S/C25H26ClNO2/c1-15-7-5-6-8-18(15)19-12-23(29)27(20-11-17(26)10-9-16(20)2)21-13-25(3,4)14-22(28)24(19)21/h5-11,19H,12-14H2,1-4H3. The van der Waals surface area contributed by atoms with E-state index < -0.39 is 0 Å². The minimum Gasteiger partial charge on any atom is -0.294 e. The van der Waals surface area contributed by atoms with Crippen LogP contribution in [0.3, 0.4) is 0 Å². The number of carbonyl (C=O) groups is 2. The molecule has 150 valence electrons. The van der Waals surface area contributed by atoms with Gasteiger partial charge >= 0.3 is 0 Å². The summed E-state index contributed by atoms with van der Waals surface area (Å²) >= 11 is 6.27. The van der Waals surface area contributed by atoms with Crippen LogP contribution in [0.4, 0.5) is 5.69 Å². The minimum atomic E-state index is -0.186. The zero-order valence-electron chi connectivity index (χ0n) is 17.4. The maximum atomic E-state index is 13.5. The van der Waals surface area contributed by atoms with Gasteiger partial charge in [0.25, 0.3) is 0 Å². The third-order valence-electron chi connectivity index (χ3n) is 6.12. The van der Waals surface area contributed by atoms with Gasteiger partial charge in [-0.05, 0) is 54.5 Å². The van der Waals surface area contributed by atoms with Crippen LogP contribution in [0.25, 0.3) is 0 Å². The Hall–Kier alpha value is -2.39. The van der Waals surface area contributed by atoms with Gasteiger partial charge in [-0.1, -0.05) is 55.8 Å². The van der Waals surface area contributed by atoms with Crippen LogP contribution in [0.5, 0.6) is 0 Å². The molecule has 2 aliphatic rings. The van der Waals surface area contributed by atoms with E-state index in [-0.39, 0.29) is 23.0 Å². The lowest BCUT2D eigenvalue weighted by molar-refractivity contribution is -0.121. The lowest BCUT2D eigenvalue weighted by atomic mass is 9.69. The fourth-order valence-electron chi connectivity index (χ4n) is 4.76.